The SMILES string of the molecule is C[C@@H]1OC(=O)C2(CCCCC2)[C@@H]1C.C[C@H](O)[C@@H](C)C1(CO)CCCCC1.[2HH].[2H][2H].[2H][2H].[2H][2H].[2H][2H].[2H][2H].[2H][2H]. The van der Waals surface area contributed by atoms with Crippen LogP contribution in [0.25, 0.3) is 0 Å². The van der Waals surface area contributed by atoms with Gasteiger partial charge in [-0.15, -0.1) is 0 Å². The fourth-order valence-electron chi connectivity index (χ4n) is 5.39. The van der Waals surface area contributed by atoms with Crippen LogP contribution in [0.15, 0.2) is 0 Å². The van der Waals surface area contributed by atoms with Gasteiger partial charge in [0.2, 0.25) is 0 Å². The van der Waals surface area contributed by atoms with E-state index in [1.165, 1.54) is 38.5 Å². The highest BCUT2D eigenvalue weighted by atomic mass is 16.6. The van der Waals surface area contributed by atoms with E-state index in [0.29, 0.717) is 5.92 Å². The molecular weight excluding hydrogens is 328 g/mol. The summed E-state index contributed by atoms with van der Waals surface area (Å²) in [6.07, 6.45) is 11.5. The van der Waals surface area contributed by atoms with Crippen LogP contribution in [0.4, 0.5) is 0 Å². The van der Waals surface area contributed by atoms with Gasteiger partial charge in [0.1, 0.15) is 6.10 Å². The number of carbonyl (C=O) groups excluding carboxylic acids is 1. The standard InChI is InChI=1S/C11H18O2.C11H22O2.7H2/c1-8-9(2)13-10(12)11(8)6-4-3-5-7-11;1-9(10(2)13)11(8-12)6-4-3-5-7-11;;;;;;;/h8-9H,3-7H2,1-2H3;9-10,12-13H,3-8H2,1-2H3;7*1H/t8-,9+;9-,10+;;;;;;;/m11......./s1/i;;6*1+1D;1+1. The smallest absolute Gasteiger partial charge is 0.312 e. The van der Waals surface area contributed by atoms with Crippen molar-refractivity contribution in [3.8, 4) is 0 Å². The number of esters is 1. The van der Waals surface area contributed by atoms with Crippen LogP contribution in [0, 0.1) is 22.7 Å². The molecule has 166 valence electrons. The van der Waals surface area contributed by atoms with Gasteiger partial charge < -0.3 is 14.9 Å². The van der Waals surface area contributed by atoms with E-state index < -0.39 is 0 Å². The molecule has 2 N–H and O–H groups in total. The molecule has 26 heavy (non-hydrogen) atoms. The van der Waals surface area contributed by atoms with Gasteiger partial charge in [-0.25, -0.2) is 0 Å². The van der Waals surface area contributed by atoms with Crippen LogP contribution in [0.5, 0.6) is 0 Å². The van der Waals surface area contributed by atoms with Crippen molar-refractivity contribution in [2.24, 2.45) is 22.7 Å². The Bertz CT molecular complexity index is 483. The Balaban J connectivity index is -0.0000000991. The molecule has 0 aromatic heterocycles. The predicted molar refractivity (Wildman–Crippen MR) is 118 cm³/mol. The monoisotopic (exact) mass is 395 g/mol. The molecule has 4 heteroatoms. The Morgan fingerprint density at radius 1 is 1.08 bits per heavy atom. The van der Waals surface area contributed by atoms with Gasteiger partial charge in [-0.05, 0) is 50.9 Å². The molecule has 3 rings (SSSR count). The van der Waals surface area contributed by atoms with E-state index >= 15 is 0 Å². The largest absolute Gasteiger partial charge is 0.462 e. The van der Waals surface area contributed by atoms with Crippen molar-refractivity contribution in [3.05, 3.63) is 0 Å². The summed E-state index contributed by atoms with van der Waals surface area (Å²) in [6, 6.07) is 0. The molecule has 1 spiro atoms. The number of aliphatic hydroxyl groups is 2. The zero-order chi connectivity index (χ0) is 31.4. The maximum atomic E-state index is 11.7. The highest BCUT2D eigenvalue weighted by molar-refractivity contribution is 5.79. The summed E-state index contributed by atoms with van der Waals surface area (Å²) in [5.74, 6) is 0.713. The lowest BCUT2D eigenvalue weighted by atomic mass is 9.65. The molecule has 0 radical (unpaired) electrons. The zero-order valence-corrected chi connectivity index (χ0v) is 17.3. The van der Waals surface area contributed by atoms with Crippen molar-refractivity contribution in [3.63, 3.8) is 0 Å². The van der Waals surface area contributed by atoms with E-state index in [-0.39, 0.29) is 43.0 Å². The minimum Gasteiger partial charge on any atom is -0.462 e. The Kier molecular flexibility index (Phi) is 5.01. The minimum atomic E-state index is -0.301. The molecule has 0 aromatic carbocycles. The summed E-state index contributed by atoms with van der Waals surface area (Å²) in [4.78, 5) is 11.7. The van der Waals surface area contributed by atoms with E-state index in [2.05, 4.69) is 13.8 Å². The fourth-order valence-corrected chi connectivity index (χ4v) is 5.39. The van der Waals surface area contributed by atoms with E-state index in [4.69, 9.17) is 22.6 Å². The zero-order valence-electron chi connectivity index (χ0n) is 29.3. The second-order valence-corrected chi connectivity index (χ2v) is 9.23. The number of cyclic esters (lactones) is 1. The molecule has 4 nitrogen and oxygen atoms in total. The lowest BCUT2D eigenvalue weighted by Crippen LogP contribution is -2.40. The van der Waals surface area contributed by atoms with Gasteiger partial charge >= 0.3 is 5.97 Å². The Hall–Kier alpha value is -0.610. The summed E-state index contributed by atoms with van der Waals surface area (Å²) in [5, 5.41) is 19.0. The van der Waals surface area contributed by atoms with Gasteiger partial charge in [0, 0.05) is 31.8 Å². The molecule has 0 bridgehead atoms. The van der Waals surface area contributed by atoms with Crippen molar-refractivity contribution in [2.45, 2.75) is 104 Å². The normalized spacial score (nSPS) is 34.2. The van der Waals surface area contributed by atoms with Crippen LogP contribution in [-0.4, -0.2) is 35.0 Å². The first-order valence-electron chi connectivity index (χ1n) is 16.8. The first kappa shape index (κ1) is 14.4. The first-order valence-corrected chi connectivity index (χ1v) is 10.8. The van der Waals surface area contributed by atoms with Gasteiger partial charge in [-0.3, -0.25) is 4.79 Å². The summed E-state index contributed by atoms with van der Waals surface area (Å²) < 4.78 is 65.3. The number of hydrogen-bond acceptors (Lipinski definition) is 4. The van der Waals surface area contributed by atoms with Crippen LogP contribution in [-0.2, 0) is 9.53 Å². The summed E-state index contributed by atoms with van der Waals surface area (Å²) >= 11 is 0. The van der Waals surface area contributed by atoms with Gasteiger partial charge in [-0.2, -0.15) is 0 Å². The molecule has 2 saturated carbocycles. The van der Waals surface area contributed by atoms with Crippen molar-refractivity contribution in [2.75, 3.05) is 6.61 Å². The number of aliphatic hydroxyl groups excluding tert-OH is 2. The molecule has 0 unspecified atom stereocenters. The van der Waals surface area contributed by atoms with E-state index in [1.807, 2.05) is 13.8 Å². The van der Waals surface area contributed by atoms with Crippen molar-refractivity contribution in [1.82, 2.24) is 0 Å². The molecule has 2 aliphatic carbocycles. The van der Waals surface area contributed by atoms with Crippen LogP contribution < -0.4 is 0 Å². The number of carbonyl (C=O) groups is 1. The molecule has 1 heterocycles. The van der Waals surface area contributed by atoms with Crippen molar-refractivity contribution in [1.29, 1.82) is 0 Å². The third-order valence-corrected chi connectivity index (χ3v) is 7.87. The topological polar surface area (TPSA) is 66.8 Å². The molecular formula is C22H54O4. The Morgan fingerprint density at radius 3 is 1.96 bits per heavy atom. The van der Waals surface area contributed by atoms with Crippen LogP contribution >= 0.6 is 0 Å². The summed E-state index contributed by atoms with van der Waals surface area (Å²) in [5.41, 5.74) is -0.0932. The van der Waals surface area contributed by atoms with Crippen molar-refractivity contribution >= 4 is 5.97 Å². The van der Waals surface area contributed by atoms with Gasteiger partial charge in [0.25, 0.3) is 0 Å². The predicted octanol–water partition coefficient (Wildman–Crippen LogP) is 6.19. The molecule has 3 aliphatic rings. The second-order valence-electron chi connectivity index (χ2n) is 9.23. The van der Waals surface area contributed by atoms with E-state index in [9.17, 15) is 15.0 Å². The number of hydrogen-bond donors (Lipinski definition) is 2. The number of rotatable bonds is 3. The lowest BCUT2D eigenvalue weighted by Gasteiger charge is -2.42. The van der Waals surface area contributed by atoms with Crippen molar-refractivity contribution < 1.29 is 39.0 Å². The third kappa shape index (κ3) is 4.27. The minimum absolute atomic E-state index is 0. The van der Waals surface area contributed by atoms with E-state index in [0.717, 1.165) is 25.7 Å². The summed E-state index contributed by atoms with van der Waals surface area (Å²) in [6.45, 7) is 8.31. The lowest BCUT2D eigenvalue weighted by molar-refractivity contribution is -0.149. The fraction of sp³-hybridized carbons (Fsp3) is 0.955. The summed E-state index contributed by atoms with van der Waals surface area (Å²) in [7, 11) is 0. The maximum Gasteiger partial charge on any atom is 0.312 e. The van der Waals surface area contributed by atoms with Crippen LogP contribution in [0.2, 0.25) is 0 Å². The average Bonchev–Trinajstić information content (AvgIpc) is 3.22. The molecule has 4 atom stereocenters. The quantitative estimate of drug-likeness (QED) is 0.559. The maximum absolute atomic E-state index is 11.7. The average molecular weight is 396 g/mol. The highest BCUT2D eigenvalue weighted by Crippen LogP contribution is 2.49. The molecule has 0 aromatic rings. The Morgan fingerprint density at radius 2 is 1.58 bits per heavy atom. The molecule has 1 aliphatic heterocycles. The number of ether oxygens (including phenoxy) is 1. The highest BCUT2D eigenvalue weighted by Gasteiger charge is 2.53. The van der Waals surface area contributed by atoms with E-state index in [1.54, 1.807) is 0 Å². The second kappa shape index (κ2) is 9.05. The van der Waals surface area contributed by atoms with Gasteiger partial charge in [0.05, 0.1) is 11.5 Å². The molecule has 1 saturated heterocycles. The third-order valence-electron chi connectivity index (χ3n) is 7.87. The first-order chi connectivity index (χ1) is 18.3. The van der Waals surface area contributed by atoms with Gasteiger partial charge in [0.15, 0.2) is 0 Å². The Labute approximate surface area is 179 Å². The van der Waals surface area contributed by atoms with Crippen LogP contribution in [0.3, 0.4) is 0 Å². The van der Waals surface area contributed by atoms with Gasteiger partial charge in [-0.1, -0.05) is 52.4 Å². The van der Waals surface area contributed by atoms with Crippen LogP contribution in [0.1, 0.15) is 111 Å². The molecule has 3 fully saturated rings. The molecule has 0 amide bonds.